The number of rotatable bonds is 3. The zero-order valence-corrected chi connectivity index (χ0v) is 10.4. The Bertz CT molecular complexity index is 674. The van der Waals surface area contributed by atoms with Gasteiger partial charge in [0.15, 0.2) is 0 Å². The number of Topliss-reactive ketones (excluding diaryl/α,β-unsaturated/α-hetero) is 1. The summed E-state index contributed by atoms with van der Waals surface area (Å²) in [7, 11) is 0. The van der Waals surface area contributed by atoms with Crippen LogP contribution in [0.1, 0.15) is 29.6 Å². The lowest BCUT2D eigenvalue weighted by Crippen LogP contribution is -2.35. The molecule has 1 saturated carbocycles. The number of benzene rings is 1. The van der Waals surface area contributed by atoms with Crippen LogP contribution in [0.25, 0.3) is 0 Å². The van der Waals surface area contributed by atoms with Crippen molar-refractivity contribution in [2.75, 3.05) is 11.4 Å². The second-order valence-electron chi connectivity index (χ2n) is 5.31. The van der Waals surface area contributed by atoms with Gasteiger partial charge in [-0.2, -0.15) is 5.26 Å². The van der Waals surface area contributed by atoms with Crippen molar-refractivity contribution < 1.29 is 18.4 Å². The van der Waals surface area contributed by atoms with Crippen molar-refractivity contribution in [2.45, 2.75) is 19.3 Å². The minimum Gasteiger partial charge on any atom is -0.301 e. The Labute approximate surface area is 113 Å². The molecule has 6 heteroatoms. The number of anilines is 1. The van der Waals surface area contributed by atoms with Crippen LogP contribution in [0.4, 0.5) is 14.5 Å². The van der Waals surface area contributed by atoms with Crippen LogP contribution in [0.15, 0.2) is 12.1 Å². The zero-order chi connectivity index (χ0) is 14.5. The van der Waals surface area contributed by atoms with Crippen LogP contribution in [-0.2, 0) is 4.79 Å². The van der Waals surface area contributed by atoms with Crippen LogP contribution in [-0.4, -0.2) is 18.2 Å². The number of hydrogen-bond acceptors (Lipinski definition) is 3. The van der Waals surface area contributed by atoms with Gasteiger partial charge in [-0.15, -0.1) is 0 Å². The van der Waals surface area contributed by atoms with Crippen LogP contribution in [0.3, 0.4) is 0 Å². The topological polar surface area (TPSA) is 61.2 Å². The van der Waals surface area contributed by atoms with Gasteiger partial charge in [-0.3, -0.25) is 9.59 Å². The van der Waals surface area contributed by atoms with Crippen LogP contribution in [0.5, 0.6) is 0 Å². The fourth-order valence-electron chi connectivity index (χ4n) is 2.57. The zero-order valence-electron chi connectivity index (χ0n) is 10.4. The van der Waals surface area contributed by atoms with Gasteiger partial charge in [0.05, 0.1) is 17.3 Å². The number of nitrogens with zero attached hydrogens (tertiary/aromatic N) is 2. The largest absolute Gasteiger partial charge is 0.301 e. The van der Waals surface area contributed by atoms with E-state index in [0.29, 0.717) is 0 Å². The van der Waals surface area contributed by atoms with Crippen LogP contribution < -0.4 is 4.90 Å². The molecule has 102 valence electrons. The molecule has 1 aromatic rings. The molecule has 4 nitrogen and oxygen atoms in total. The molecule has 1 aliphatic heterocycles. The first-order chi connectivity index (χ1) is 9.49. The van der Waals surface area contributed by atoms with Crippen LogP contribution in [0, 0.1) is 28.4 Å². The predicted molar refractivity (Wildman–Crippen MR) is 64.9 cm³/mol. The molecule has 0 N–H and O–H groups in total. The van der Waals surface area contributed by atoms with E-state index in [4.69, 9.17) is 5.26 Å². The van der Waals surface area contributed by atoms with Gasteiger partial charge in [-0.05, 0) is 25.0 Å². The van der Waals surface area contributed by atoms with Crippen LogP contribution >= 0.6 is 0 Å². The van der Waals surface area contributed by atoms with E-state index < -0.39 is 28.9 Å². The Morgan fingerprint density at radius 3 is 2.50 bits per heavy atom. The highest BCUT2D eigenvalue weighted by molar-refractivity contribution is 6.52. The second kappa shape index (κ2) is 4.10. The summed E-state index contributed by atoms with van der Waals surface area (Å²) < 4.78 is 27.5. The normalized spacial score (nSPS) is 18.9. The lowest BCUT2D eigenvalue weighted by Gasteiger charge is -2.22. The average molecular weight is 276 g/mol. The molecule has 1 heterocycles. The third kappa shape index (κ3) is 1.70. The number of ketones is 1. The Hall–Kier alpha value is -2.29. The van der Waals surface area contributed by atoms with Crippen molar-refractivity contribution in [3.63, 3.8) is 0 Å². The van der Waals surface area contributed by atoms with Crippen molar-refractivity contribution in [3.05, 3.63) is 29.3 Å². The Morgan fingerprint density at radius 2 is 1.90 bits per heavy atom. The third-order valence-corrected chi connectivity index (χ3v) is 3.92. The maximum atomic E-state index is 13.9. The summed E-state index contributed by atoms with van der Waals surface area (Å²) in [6.45, 7) is 0.0819. The van der Waals surface area contributed by atoms with E-state index in [1.807, 2.05) is 6.07 Å². The second-order valence-corrected chi connectivity index (χ2v) is 5.31. The van der Waals surface area contributed by atoms with Gasteiger partial charge in [-0.1, -0.05) is 0 Å². The highest BCUT2D eigenvalue weighted by atomic mass is 19.1. The minimum atomic E-state index is -1.02. The van der Waals surface area contributed by atoms with Gasteiger partial charge in [0.1, 0.15) is 11.6 Å². The number of carbonyl (C=O) groups is 2. The molecule has 20 heavy (non-hydrogen) atoms. The number of hydrogen-bond donors (Lipinski definition) is 0. The molecule has 0 unspecified atom stereocenters. The summed E-state index contributed by atoms with van der Waals surface area (Å²) in [6, 6.07) is 3.77. The summed E-state index contributed by atoms with van der Waals surface area (Å²) in [6.07, 6.45) is 1.72. The minimum absolute atomic E-state index is 0.0819. The number of halogens is 2. The molecular formula is C14H10F2N2O2. The highest BCUT2D eigenvalue weighted by Crippen LogP contribution is 2.50. The Balaban J connectivity index is 2.03. The molecule has 0 radical (unpaired) electrons. The Morgan fingerprint density at radius 1 is 1.25 bits per heavy atom. The van der Waals surface area contributed by atoms with Crippen molar-refractivity contribution in [2.24, 2.45) is 5.41 Å². The average Bonchev–Trinajstić information content (AvgIpc) is 3.12. The highest BCUT2D eigenvalue weighted by Gasteiger charge is 2.49. The van der Waals surface area contributed by atoms with Crippen LogP contribution in [0.2, 0.25) is 0 Å². The smallest absolute Gasteiger partial charge is 0.299 e. The first-order valence-electron chi connectivity index (χ1n) is 6.20. The standard InChI is InChI=1S/C14H10F2N2O2/c15-8-1-2-9(16)11-10(8)12(19)13(20)18(11)7-14(3-4-14)5-6-17/h1-2H,3-5,7H2. The van der Waals surface area contributed by atoms with Gasteiger partial charge < -0.3 is 4.90 Å². The predicted octanol–water partition coefficient (Wildman–Crippen LogP) is 2.19. The fraction of sp³-hybridized carbons (Fsp3) is 0.357. The van der Waals surface area contributed by atoms with Crippen molar-refractivity contribution >= 4 is 17.4 Å². The lowest BCUT2D eigenvalue weighted by atomic mass is 10.0. The number of carbonyl (C=O) groups excluding carboxylic acids is 2. The molecule has 2 aliphatic rings. The molecule has 1 fully saturated rings. The SMILES string of the molecule is N#CCC1(CN2C(=O)C(=O)c3c(F)ccc(F)c32)CC1. The van der Waals surface area contributed by atoms with E-state index in [9.17, 15) is 18.4 Å². The van der Waals surface area contributed by atoms with E-state index in [2.05, 4.69) is 0 Å². The number of nitriles is 1. The molecule has 1 aliphatic carbocycles. The first kappa shape index (κ1) is 12.7. The van der Waals surface area contributed by atoms with Gasteiger partial charge in [0.2, 0.25) is 0 Å². The van der Waals surface area contributed by atoms with E-state index >= 15 is 0 Å². The summed E-state index contributed by atoms with van der Waals surface area (Å²) in [4.78, 5) is 24.7. The molecule has 0 bridgehead atoms. The summed E-state index contributed by atoms with van der Waals surface area (Å²) in [5, 5.41) is 8.77. The molecule has 0 aromatic heterocycles. The molecule has 0 saturated heterocycles. The van der Waals surface area contributed by atoms with Crippen molar-refractivity contribution in [3.8, 4) is 6.07 Å². The van der Waals surface area contributed by atoms with E-state index in [1.165, 1.54) is 0 Å². The number of amides is 1. The maximum Gasteiger partial charge on any atom is 0.299 e. The summed E-state index contributed by atoms with van der Waals surface area (Å²) in [5.74, 6) is -3.64. The summed E-state index contributed by atoms with van der Waals surface area (Å²) >= 11 is 0. The van der Waals surface area contributed by atoms with Gasteiger partial charge in [0.25, 0.3) is 11.7 Å². The lowest BCUT2D eigenvalue weighted by molar-refractivity contribution is -0.114. The third-order valence-electron chi connectivity index (χ3n) is 3.92. The molecule has 1 amide bonds. The van der Waals surface area contributed by atoms with E-state index in [1.54, 1.807) is 0 Å². The first-order valence-corrected chi connectivity index (χ1v) is 6.20. The van der Waals surface area contributed by atoms with E-state index in [0.717, 1.165) is 29.9 Å². The summed E-state index contributed by atoms with van der Waals surface area (Å²) in [5.41, 5.74) is -1.17. The molecule has 0 spiro atoms. The number of fused-ring (bicyclic) bond motifs is 1. The monoisotopic (exact) mass is 276 g/mol. The molecule has 0 atom stereocenters. The van der Waals surface area contributed by atoms with Crippen molar-refractivity contribution in [1.82, 2.24) is 0 Å². The molecule has 1 aromatic carbocycles. The quantitative estimate of drug-likeness (QED) is 0.795. The maximum absolute atomic E-state index is 13.9. The molecular weight excluding hydrogens is 266 g/mol. The van der Waals surface area contributed by atoms with Gasteiger partial charge >= 0.3 is 0 Å². The fourth-order valence-corrected chi connectivity index (χ4v) is 2.57. The molecule has 3 rings (SSSR count). The van der Waals surface area contributed by atoms with Crippen molar-refractivity contribution in [1.29, 1.82) is 5.26 Å². The van der Waals surface area contributed by atoms with Gasteiger partial charge in [0, 0.05) is 18.4 Å². The Kier molecular flexibility index (Phi) is 2.61. The van der Waals surface area contributed by atoms with E-state index in [-0.39, 0.29) is 24.1 Å². The van der Waals surface area contributed by atoms with Gasteiger partial charge in [-0.25, -0.2) is 8.78 Å².